The molecular weight excluding hydrogens is 134 g/mol. The molecule has 3 rings (SSSR count). The van der Waals surface area contributed by atoms with E-state index >= 15 is 0 Å². The lowest BCUT2D eigenvalue weighted by molar-refractivity contribution is 0.771. The molecule has 0 spiro atoms. The van der Waals surface area contributed by atoms with E-state index in [-0.39, 0.29) is 0 Å². The van der Waals surface area contributed by atoms with E-state index in [0.717, 1.165) is 0 Å². The second kappa shape index (κ2) is 1.67. The van der Waals surface area contributed by atoms with Gasteiger partial charge in [-0.3, -0.25) is 0 Å². The molecule has 0 saturated heterocycles. The van der Waals surface area contributed by atoms with Gasteiger partial charge in [-0.1, -0.05) is 18.2 Å². The van der Waals surface area contributed by atoms with Crippen LogP contribution in [0, 0.1) is 0 Å². The molecule has 1 aromatic heterocycles. The van der Waals surface area contributed by atoms with E-state index in [1.807, 2.05) is 0 Å². The average Bonchev–Trinajstić information content (AvgIpc) is 2.60. The molecule has 0 bridgehead atoms. The number of hydrogen-bond donors (Lipinski definition) is 0. The second-order valence-electron chi connectivity index (χ2n) is 3.11. The number of aryl methyl sites for hydroxylation is 2. The van der Waals surface area contributed by atoms with E-state index < -0.39 is 0 Å². The van der Waals surface area contributed by atoms with Crippen LogP contribution in [0.2, 0.25) is 0 Å². The number of hydrogen-bond acceptors (Lipinski definition) is 0. The maximum Gasteiger partial charge on any atom is 0.0513 e. The van der Waals surface area contributed by atoms with E-state index in [4.69, 9.17) is 0 Å². The minimum Gasteiger partial charge on any atom is -0.347 e. The van der Waals surface area contributed by atoms with Gasteiger partial charge in [-0.2, -0.15) is 0 Å². The summed E-state index contributed by atoms with van der Waals surface area (Å²) in [7, 11) is 0. The standard InChI is InChI=1S/C10H9N/c1-2-8-4-6-11-7-5-9(3-1)10(8)11/h1-4,6H,5,7H2. The van der Waals surface area contributed by atoms with Gasteiger partial charge < -0.3 is 4.57 Å². The molecule has 0 N–H and O–H groups in total. The Labute approximate surface area is 65.3 Å². The Hall–Kier alpha value is -1.24. The van der Waals surface area contributed by atoms with Crippen molar-refractivity contribution in [2.75, 3.05) is 0 Å². The van der Waals surface area contributed by atoms with Gasteiger partial charge >= 0.3 is 0 Å². The van der Waals surface area contributed by atoms with Gasteiger partial charge in [-0.15, -0.1) is 0 Å². The van der Waals surface area contributed by atoms with Crippen LogP contribution in [0.25, 0.3) is 10.9 Å². The highest BCUT2D eigenvalue weighted by Crippen LogP contribution is 2.25. The van der Waals surface area contributed by atoms with Crippen molar-refractivity contribution in [1.29, 1.82) is 0 Å². The summed E-state index contributed by atoms with van der Waals surface area (Å²) in [5.74, 6) is 0. The van der Waals surface area contributed by atoms with Crippen LogP contribution in [0.15, 0.2) is 30.5 Å². The van der Waals surface area contributed by atoms with E-state index in [2.05, 4.69) is 35.0 Å². The number of para-hydroxylation sites is 1. The number of rotatable bonds is 0. The Kier molecular flexibility index (Phi) is 0.823. The zero-order valence-electron chi connectivity index (χ0n) is 6.25. The zero-order chi connectivity index (χ0) is 7.26. The van der Waals surface area contributed by atoms with Crippen LogP contribution >= 0.6 is 0 Å². The van der Waals surface area contributed by atoms with Crippen LogP contribution < -0.4 is 0 Å². The number of benzene rings is 1. The van der Waals surface area contributed by atoms with E-state index in [1.165, 1.54) is 29.4 Å². The lowest BCUT2D eigenvalue weighted by atomic mass is 10.1. The van der Waals surface area contributed by atoms with Crippen molar-refractivity contribution in [2.24, 2.45) is 0 Å². The van der Waals surface area contributed by atoms with E-state index in [1.54, 1.807) is 0 Å². The lowest BCUT2D eigenvalue weighted by Gasteiger charge is -1.92. The molecule has 0 unspecified atom stereocenters. The van der Waals surface area contributed by atoms with Gasteiger partial charge in [-0.25, -0.2) is 0 Å². The lowest BCUT2D eigenvalue weighted by Crippen LogP contribution is -1.86. The molecule has 11 heavy (non-hydrogen) atoms. The number of aromatic nitrogens is 1. The molecule has 1 aliphatic rings. The molecule has 0 saturated carbocycles. The molecule has 0 fully saturated rings. The molecule has 1 aromatic carbocycles. The Morgan fingerprint density at radius 2 is 2.18 bits per heavy atom. The predicted molar refractivity (Wildman–Crippen MR) is 45.6 cm³/mol. The first-order valence-electron chi connectivity index (χ1n) is 4.02. The molecule has 0 radical (unpaired) electrons. The van der Waals surface area contributed by atoms with E-state index in [9.17, 15) is 0 Å². The van der Waals surface area contributed by atoms with Gasteiger partial charge in [-0.05, 0) is 23.4 Å². The highest BCUT2D eigenvalue weighted by molar-refractivity contribution is 5.84. The van der Waals surface area contributed by atoms with Gasteiger partial charge in [0.05, 0.1) is 5.52 Å². The molecule has 1 aliphatic heterocycles. The summed E-state index contributed by atoms with van der Waals surface area (Å²) in [5.41, 5.74) is 2.96. The highest BCUT2D eigenvalue weighted by Gasteiger charge is 2.11. The fraction of sp³-hybridized carbons (Fsp3) is 0.200. The van der Waals surface area contributed by atoms with Crippen molar-refractivity contribution in [3.8, 4) is 0 Å². The van der Waals surface area contributed by atoms with Gasteiger partial charge in [0.2, 0.25) is 0 Å². The zero-order valence-corrected chi connectivity index (χ0v) is 6.25. The van der Waals surface area contributed by atoms with Crippen LogP contribution in [0.5, 0.6) is 0 Å². The average molecular weight is 143 g/mol. The Balaban J connectivity index is 2.61. The first-order chi connectivity index (χ1) is 5.45. The molecule has 1 nitrogen and oxygen atoms in total. The van der Waals surface area contributed by atoms with Crippen LogP contribution in [0.1, 0.15) is 5.56 Å². The van der Waals surface area contributed by atoms with Crippen molar-refractivity contribution in [1.82, 2.24) is 4.57 Å². The fourth-order valence-corrected chi connectivity index (χ4v) is 1.97. The second-order valence-corrected chi connectivity index (χ2v) is 3.11. The minimum absolute atomic E-state index is 1.17. The first kappa shape index (κ1) is 5.42. The Morgan fingerprint density at radius 3 is 3.18 bits per heavy atom. The number of nitrogens with zero attached hydrogens (tertiary/aromatic N) is 1. The first-order valence-corrected chi connectivity index (χ1v) is 4.02. The van der Waals surface area contributed by atoms with Crippen LogP contribution in [-0.4, -0.2) is 4.57 Å². The summed E-state index contributed by atoms with van der Waals surface area (Å²) in [5, 5.41) is 1.39. The summed E-state index contributed by atoms with van der Waals surface area (Å²) in [6.45, 7) is 1.17. The predicted octanol–water partition coefficient (Wildman–Crippen LogP) is 2.20. The minimum atomic E-state index is 1.17. The maximum atomic E-state index is 2.34. The quantitative estimate of drug-likeness (QED) is 0.532. The largest absolute Gasteiger partial charge is 0.347 e. The third-order valence-electron chi connectivity index (χ3n) is 2.49. The van der Waals surface area contributed by atoms with Crippen LogP contribution in [0.3, 0.4) is 0 Å². The summed E-state index contributed by atoms with van der Waals surface area (Å²) in [4.78, 5) is 0. The van der Waals surface area contributed by atoms with Crippen LogP contribution in [-0.2, 0) is 13.0 Å². The fourth-order valence-electron chi connectivity index (χ4n) is 1.97. The Bertz CT molecular complexity index is 412. The summed E-state index contributed by atoms with van der Waals surface area (Å²) in [6, 6.07) is 8.75. The molecule has 2 aromatic rings. The smallest absolute Gasteiger partial charge is 0.0513 e. The summed E-state index contributed by atoms with van der Waals surface area (Å²) >= 11 is 0. The van der Waals surface area contributed by atoms with Gasteiger partial charge in [0, 0.05) is 12.7 Å². The van der Waals surface area contributed by atoms with Crippen molar-refractivity contribution in [3.05, 3.63) is 36.0 Å². The maximum absolute atomic E-state index is 2.34. The van der Waals surface area contributed by atoms with Gasteiger partial charge in [0.1, 0.15) is 0 Å². The summed E-state index contributed by atoms with van der Waals surface area (Å²) < 4.78 is 2.34. The topological polar surface area (TPSA) is 4.93 Å². The van der Waals surface area contributed by atoms with Crippen molar-refractivity contribution in [3.63, 3.8) is 0 Å². The Morgan fingerprint density at radius 1 is 1.18 bits per heavy atom. The third-order valence-corrected chi connectivity index (χ3v) is 2.49. The molecular formula is C10H9N. The molecule has 0 aliphatic carbocycles. The SMILES string of the molecule is c1cc2c3c(c1)ccn3CC2. The molecule has 0 amide bonds. The molecule has 54 valence electrons. The third kappa shape index (κ3) is 0.559. The van der Waals surface area contributed by atoms with E-state index in [0.29, 0.717) is 0 Å². The van der Waals surface area contributed by atoms with Crippen molar-refractivity contribution in [2.45, 2.75) is 13.0 Å². The van der Waals surface area contributed by atoms with Crippen molar-refractivity contribution >= 4 is 10.9 Å². The molecule has 2 heterocycles. The normalized spacial score (nSPS) is 14.5. The molecule has 1 heteroatoms. The summed E-state index contributed by atoms with van der Waals surface area (Å²) in [6.07, 6.45) is 3.40. The van der Waals surface area contributed by atoms with Crippen molar-refractivity contribution < 1.29 is 0 Å². The van der Waals surface area contributed by atoms with Gasteiger partial charge in [0.25, 0.3) is 0 Å². The monoisotopic (exact) mass is 143 g/mol. The van der Waals surface area contributed by atoms with Gasteiger partial charge in [0.15, 0.2) is 0 Å². The highest BCUT2D eigenvalue weighted by atomic mass is 15.0. The molecule has 0 atom stereocenters. The van der Waals surface area contributed by atoms with Crippen LogP contribution in [0.4, 0.5) is 0 Å².